The number of halogens is 2. The van der Waals surface area contributed by atoms with E-state index in [0.717, 1.165) is 22.0 Å². The first-order chi connectivity index (χ1) is 12.0. The van der Waals surface area contributed by atoms with Crippen LogP contribution < -0.4 is 9.47 Å². The van der Waals surface area contributed by atoms with E-state index in [1.165, 1.54) is 0 Å². The van der Waals surface area contributed by atoms with Crippen molar-refractivity contribution in [3.8, 4) is 17.6 Å². The summed E-state index contributed by atoms with van der Waals surface area (Å²) in [6.07, 6.45) is 2.68. The lowest BCUT2D eigenvalue weighted by molar-refractivity contribution is 0.208. The highest BCUT2D eigenvalue weighted by molar-refractivity contribution is 9.10. The number of ether oxygens (including phenoxy) is 2. The van der Waals surface area contributed by atoms with Gasteiger partial charge in [-0.15, -0.1) is 0 Å². The monoisotopic (exact) mass is 419 g/mol. The standard InChI is InChI=1S/C20H19BrClNO2/c1-4-13(2)25-20-18(22)10-14(11-19(20)24-3)9-16(12-23)15-5-7-17(21)8-6-15/h5-11,13H,4H2,1-3H3/b16-9-. The van der Waals surface area contributed by atoms with E-state index in [1.807, 2.05) is 44.2 Å². The summed E-state index contributed by atoms with van der Waals surface area (Å²) in [5.74, 6) is 1.07. The minimum Gasteiger partial charge on any atom is -0.493 e. The van der Waals surface area contributed by atoms with Crippen LogP contribution in [0.25, 0.3) is 11.6 Å². The lowest BCUT2D eigenvalue weighted by Gasteiger charge is -2.17. The van der Waals surface area contributed by atoms with Crippen molar-refractivity contribution in [1.29, 1.82) is 5.26 Å². The number of hydrogen-bond acceptors (Lipinski definition) is 3. The second-order valence-corrected chi connectivity index (χ2v) is 6.87. The van der Waals surface area contributed by atoms with Gasteiger partial charge in [0.05, 0.1) is 29.9 Å². The average molecular weight is 421 g/mol. The van der Waals surface area contributed by atoms with Crippen molar-refractivity contribution in [3.63, 3.8) is 0 Å². The SMILES string of the molecule is CCC(C)Oc1c(Cl)cc(/C=C(/C#N)c2ccc(Br)cc2)cc1OC. The van der Waals surface area contributed by atoms with Gasteiger partial charge in [-0.3, -0.25) is 0 Å². The Kier molecular flexibility index (Phi) is 6.92. The Morgan fingerprint density at radius 3 is 2.56 bits per heavy atom. The van der Waals surface area contributed by atoms with Crippen LogP contribution in [-0.4, -0.2) is 13.2 Å². The van der Waals surface area contributed by atoms with E-state index >= 15 is 0 Å². The molecule has 0 bridgehead atoms. The number of allylic oxidation sites excluding steroid dienone is 1. The van der Waals surface area contributed by atoms with Crippen molar-refractivity contribution in [2.45, 2.75) is 26.4 Å². The average Bonchev–Trinajstić information content (AvgIpc) is 2.62. The molecule has 0 aliphatic rings. The molecule has 2 rings (SSSR count). The van der Waals surface area contributed by atoms with Gasteiger partial charge >= 0.3 is 0 Å². The third kappa shape index (κ3) is 5.01. The summed E-state index contributed by atoms with van der Waals surface area (Å²) < 4.78 is 12.2. The summed E-state index contributed by atoms with van der Waals surface area (Å²) in [6.45, 7) is 4.02. The molecule has 0 aliphatic carbocycles. The Bertz CT molecular complexity index is 810. The van der Waals surface area contributed by atoms with Gasteiger partial charge < -0.3 is 9.47 Å². The number of benzene rings is 2. The molecule has 2 aromatic carbocycles. The summed E-state index contributed by atoms with van der Waals surface area (Å²) in [5.41, 5.74) is 2.15. The zero-order chi connectivity index (χ0) is 18.4. The highest BCUT2D eigenvalue weighted by atomic mass is 79.9. The van der Waals surface area contributed by atoms with E-state index in [2.05, 4.69) is 22.0 Å². The Labute approximate surface area is 162 Å². The van der Waals surface area contributed by atoms with Crippen LogP contribution in [0.15, 0.2) is 40.9 Å². The van der Waals surface area contributed by atoms with Crippen molar-refractivity contribution < 1.29 is 9.47 Å². The van der Waals surface area contributed by atoms with Gasteiger partial charge in [-0.2, -0.15) is 5.26 Å². The van der Waals surface area contributed by atoms with E-state index in [0.29, 0.717) is 22.1 Å². The first-order valence-electron chi connectivity index (χ1n) is 7.90. The molecule has 1 atom stereocenters. The molecule has 5 heteroatoms. The molecule has 25 heavy (non-hydrogen) atoms. The van der Waals surface area contributed by atoms with Crippen LogP contribution in [0, 0.1) is 11.3 Å². The smallest absolute Gasteiger partial charge is 0.180 e. The Hall–Kier alpha value is -1.96. The first-order valence-corrected chi connectivity index (χ1v) is 9.07. The van der Waals surface area contributed by atoms with Gasteiger partial charge in [0.25, 0.3) is 0 Å². The molecule has 0 N–H and O–H groups in total. The minimum atomic E-state index is 0.0326. The molecule has 0 aliphatic heterocycles. The molecule has 0 saturated carbocycles. The quantitative estimate of drug-likeness (QED) is 0.404. The third-order valence-electron chi connectivity index (χ3n) is 3.73. The third-order valence-corrected chi connectivity index (χ3v) is 4.54. The summed E-state index contributed by atoms with van der Waals surface area (Å²) in [5, 5.41) is 9.95. The van der Waals surface area contributed by atoms with Crippen LogP contribution in [0.5, 0.6) is 11.5 Å². The molecule has 2 aromatic rings. The molecule has 0 saturated heterocycles. The minimum absolute atomic E-state index is 0.0326. The van der Waals surface area contributed by atoms with E-state index in [9.17, 15) is 5.26 Å². The predicted molar refractivity (Wildman–Crippen MR) is 106 cm³/mol. The zero-order valence-electron chi connectivity index (χ0n) is 14.3. The largest absolute Gasteiger partial charge is 0.493 e. The second-order valence-electron chi connectivity index (χ2n) is 5.55. The topological polar surface area (TPSA) is 42.2 Å². The number of rotatable bonds is 6. The summed E-state index contributed by atoms with van der Waals surface area (Å²) in [4.78, 5) is 0. The van der Waals surface area contributed by atoms with Crippen LogP contribution >= 0.6 is 27.5 Å². The number of nitriles is 1. The van der Waals surface area contributed by atoms with Gasteiger partial charge in [0.15, 0.2) is 11.5 Å². The fourth-order valence-electron chi connectivity index (χ4n) is 2.20. The van der Waals surface area contributed by atoms with Crippen LogP contribution in [0.4, 0.5) is 0 Å². The lowest BCUT2D eigenvalue weighted by Crippen LogP contribution is -2.11. The Morgan fingerprint density at radius 1 is 1.32 bits per heavy atom. The van der Waals surface area contributed by atoms with E-state index in [1.54, 1.807) is 19.3 Å². The summed E-state index contributed by atoms with van der Waals surface area (Å²) in [7, 11) is 1.57. The van der Waals surface area contributed by atoms with Crippen LogP contribution in [0.1, 0.15) is 31.4 Å². The van der Waals surface area contributed by atoms with E-state index in [4.69, 9.17) is 21.1 Å². The van der Waals surface area contributed by atoms with Gasteiger partial charge in [0.1, 0.15) is 0 Å². The molecule has 130 valence electrons. The van der Waals surface area contributed by atoms with Crippen LogP contribution in [0.2, 0.25) is 5.02 Å². The molecule has 3 nitrogen and oxygen atoms in total. The van der Waals surface area contributed by atoms with E-state index < -0.39 is 0 Å². The zero-order valence-corrected chi connectivity index (χ0v) is 16.7. The van der Waals surface area contributed by atoms with Crippen molar-refractivity contribution in [2.24, 2.45) is 0 Å². The van der Waals surface area contributed by atoms with Gasteiger partial charge in [0, 0.05) is 4.47 Å². The van der Waals surface area contributed by atoms with Crippen molar-refractivity contribution in [1.82, 2.24) is 0 Å². The van der Waals surface area contributed by atoms with Crippen LogP contribution in [-0.2, 0) is 0 Å². The normalized spacial score (nSPS) is 12.4. The fraction of sp³-hybridized carbons (Fsp3) is 0.250. The number of hydrogen-bond donors (Lipinski definition) is 0. The molecular formula is C20H19BrClNO2. The number of methoxy groups -OCH3 is 1. The molecule has 0 fully saturated rings. The molecule has 0 spiro atoms. The lowest BCUT2D eigenvalue weighted by atomic mass is 10.0. The highest BCUT2D eigenvalue weighted by Crippen LogP contribution is 2.38. The molecule has 0 aromatic heterocycles. The summed E-state index contributed by atoms with van der Waals surface area (Å²) >= 11 is 9.78. The van der Waals surface area contributed by atoms with Gasteiger partial charge in [-0.1, -0.05) is 46.6 Å². The summed E-state index contributed by atoms with van der Waals surface area (Å²) in [6, 6.07) is 13.4. The van der Waals surface area contributed by atoms with Gasteiger partial charge in [0.2, 0.25) is 0 Å². The molecular weight excluding hydrogens is 402 g/mol. The van der Waals surface area contributed by atoms with Crippen LogP contribution in [0.3, 0.4) is 0 Å². The molecule has 0 radical (unpaired) electrons. The molecule has 0 amide bonds. The predicted octanol–water partition coefficient (Wildman–Crippen LogP) is 6.35. The Balaban J connectivity index is 2.43. The first kappa shape index (κ1) is 19.4. The Morgan fingerprint density at radius 2 is 2.00 bits per heavy atom. The van der Waals surface area contributed by atoms with Crippen molar-refractivity contribution in [3.05, 3.63) is 57.0 Å². The molecule has 1 unspecified atom stereocenters. The number of nitrogens with zero attached hydrogens (tertiary/aromatic N) is 1. The van der Waals surface area contributed by atoms with Gasteiger partial charge in [-0.05, 0) is 54.8 Å². The van der Waals surface area contributed by atoms with Gasteiger partial charge in [-0.25, -0.2) is 0 Å². The maximum absolute atomic E-state index is 9.49. The highest BCUT2D eigenvalue weighted by Gasteiger charge is 2.14. The maximum atomic E-state index is 9.49. The van der Waals surface area contributed by atoms with Crippen molar-refractivity contribution >= 4 is 39.2 Å². The molecule has 0 heterocycles. The maximum Gasteiger partial charge on any atom is 0.180 e. The van der Waals surface area contributed by atoms with E-state index in [-0.39, 0.29) is 6.10 Å². The van der Waals surface area contributed by atoms with Crippen molar-refractivity contribution in [2.75, 3.05) is 7.11 Å². The fourth-order valence-corrected chi connectivity index (χ4v) is 2.73. The second kappa shape index (κ2) is 8.94.